The van der Waals surface area contributed by atoms with Crippen LogP contribution in [0.25, 0.3) is 0 Å². The van der Waals surface area contributed by atoms with E-state index in [2.05, 4.69) is 25.7 Å². The van der Waals surface area contributed by atoms with Crippen LogP contribution in [0.4, 0.5) is 0 Å². The Bertz CT molecular complexity index is 399. The molecule has 0 saturated heterocycles. The van der Waals surface area contributed by atoms with Gasteiger partial charge < -0.3 is 9.47 Å². The van der Waals surface area contributed by atoms with Crippen molar-refractivity contribution in [2.75, 3.05) is 20.6 Å². The lowest BCUT2D eigenvalue weighted by Gasteiger charge is -2.20. The fraction of sp³-hybridized carbons (Fsp3) is 0.643. The summed E-state index contributed by atoms with van der Waals surface area (Å²) in [6.45, 7) is 8.10. The minimum atomic E-state index is 0. The van der Waals surface area contributed by atoms with E-state index < -0.39 is 0 Å². The van der Waals surface area contributed by atoms with Crippen molar-refractivity contribution in [1.29, 1.82) is 0 Å². The average Bonchev–Trinajstić information content (AvgIpc) is 2.14. The van der Waals surface area contributed by atoms with Crippen molar-refractivity contribution in [1.82, 2.24) is 9.47 Å². The van der Waals surface area contributed by atoms with Gasteiger partial charge in [-0.25, -0.2) is 0 Å². The van der Waals surface area contributed by atoms with E-state index >= 15 is 0 Å². The number of hydrogen-bond donors (Lipinski definition) is 0. The molecule has 0 amide bonds. The van der Waals surface area contributed by atoms with Crippen LogP contribution in [0.1, 0.15) is 33.8 Å². The number of nitrogens with zero attached hydrogens (tertiary/aromatic N) is 2. The Balaban J connectivity index is 0.00000256. The van der Waals surface area contributed by atoms with Crippen LogP contribution in [0.5, 0.6) is 0 Å². The van der Waals surface area contributed by atoms with E-state index in [4.69, 9.17) is 0 Å². The molecule has 0 aliphatic heterocycles. The van der Waals surface area contributed by atoms with Crippen molar-refractivity contribution in [3.63, 3.8) is 0 Å². The van der Waals surface area contributed by atoms with Crippen molar-refractivity contribution >= 4 is 0 Å². The molecule has 3 heteroatoms. The highest BCUT2D eigenvalue weighted by Crippen LogP contribution is 2.20. The summed E-state index contributed by atoms with van der Waals surface area (Å²) in [5.74, 6) is 0. The molecule has 0 aliphatic rings. The fourth-order valence-electron chi connectivity index (χ4n) is 1.46. The molecule has 17 heavy (non-hydrogen) atoms. The Morgan fingerprint density at radius 2 is 1.82 bits per heavy atom. The summed E-state index contributed by atoms with van der Waals surface area (Å²) in [6.07, 6.45) is 1.98. The van der Waals surface area contributed by atoms with Gasteiger partial charge in [0.05, 0.1) is 0 Å². The van der Waals surface area contributed by atoms with Crippen LogP contribution in [-0.4, -0.2) is 30.1 Å². The minimum Gasteiger partial charge on any atom is -0.314 e. The second kappa shape index (κ2) is 6.01. The molecule has 0 unspecified atom stereocenters. The number of likely N-dealkylation sites (N-methyl/N-ethyl adjacent to an activating group) is 1. The van der Waals surface area contributed by atoms with Crippen molar-refractivity contribution < 1.29 is 0 Å². The van der Waals surface area contributed by atoms with Crippen molar-refractivity contribution in [2.24, 2.45) is 0 Å². The lowest BCUT2D eigenvalue weighted by atomic mass is 9.88. The monoisotopic (exact) mass is 238 g/mol. The highest BCUT2D eigenvalue weighted by Gasteiger charge is 2.14. The summed E-state index contributed by atoms with van der Waals surface area (Å²) in [4.78, 5) is 13.7. The third-order valence-electron chi connectivity index (χ3n) is 2.64. The first-order valence-electron chi connectivity index (χ1n) is 5.66. The third kappa shape index (κ3) is 4.73. The Morgan fingerprint density at radius 3 is 2.29 bits per heavy atom. The summed E-state index contributed by atoms with van der Waals surface area (Å²) in [7, 11) is 4.03. The highest BCUT2D eigenvalue weighted by atomic mass is 16.1. The molecule has 1 heterocycles. The smallest absolute Gasteiger partial charge is 0.250 e. The van der Waals surface area contributed by atoms with E-state index in [0.29, 0.717) is 0 Å². The minimum absolute atomic E-state index is 0. The van der Waals surface area contributed by atoms with Gasteiger partial charge in [-0.2, -0.15) is 0 Å². The molecule has 3 nitrogen and oxygen atoms in total. The summed E-state index contributed by atoms with van der Waals surface area (Å²) >= 11 is 0. The molecule has 98 valence electrons. The molecule has 0 aliphatic carbocycles. The Morgan fingerprint density at radius 1 is 1.24 bits per heavy atom. The largest absolute Gasteiger partial charge is 0.314 e. The standard InChI is InChI=1S/C13H22N2O.CH4/c1-13(2,3)11-6-7-12(16)15(10-11)9-8-14(4)5;/h6-7,10H,8-9H2,1-5H3;1H4. The van der Waals surface area contributed by atoms with Gasteiger partial charge in [0.15, 0.2) is 0 Å². The predicted molar refractivity (Wildman–Crippen MR) is 74.7 cm³/mol. The van der Waals surface area contributed by atoms with Crippen LogP contribution in [0.3, 0.4) is 0 Å². The topological polar surface area (TPSA) is 25.2 Å². The van der Waals surface area contributed by atoms with Crippen LogP contribution in [0.15, 0.2) is 23.1 Å². The first kappa shape index (κ1) is 15.9. The molecule has 1 rings (SSSR count). The van der Waals surface area contributed by atoms with Crippen LogP contribution >= 0.6 is 0 Å². The zero-order valence-corrected chi connectivity index (χ0v) is 10.9. The van der Waals surface area contributed by atoms with Gasteiger partial charge in [-0.15, -0.1) is 0 Å². The van der Waals surface area contributed by atoms with Gasteiger partial charge in [-0.3, -0.25) is 4.79 Å². The SMILES string of the molecule is C.CN(C)CCn1cc(C(C)(C)C)ccc1=O. The number of aromatic nitrogens is 1. The van der Waals surface area contributed by atoms with E-state index in [1.165, 1.54) is 5.56 Å². The first-order valence-corrected chi connectivity index (χ1v) is 5.66. The maximum atomic E-state index is 11.7. The molecule has 0 atom stereocenters. The maximum Gasteiger partial charge on any atom is 0.250 e. The highest BCUT2D eigenvalue weighted by molar-refractivity contribution is 5.18. The van der Waals surface area contributed by atoms with Crippen LogP contribution in [0, 0.1) is 0 Å². The molecule has 0 N–H and O–H groups in total. The van der Waals surface area contributed by atoms with Crippen LogP contribution < -0.4 is 5.56 Å². The number of pyridine rings is 1. The van der Waals surface area contributed by atoms with Gasteiger partial charge in [-0.05, 0) is 25.1 Å². The molecular formula is C14H26N2O. The predicted octanol–water partition coefficient (Wildman–Crippen LogP) is 2.34. The van der Waals surface area contributed by atoms with E-state index in [1.807, 2.05) is 26.4 Å². The molecule has 0 bridgehead atoms. The second-order valence-electron chi connectivity index (χ2n) is 5.50. The molecule has 0 aromatic carbocycles. The first-order chi connectivity index (χ1) is 7.30. The number of rotatable bonds is 3. The van der Waals surface area contributed by atoms with Crippen LogP contribution in [0.2, 0.25) is 0 Å². The zero-order valence-electron chi connectivity index (χ0n) is 10.9. The van der Waals surface area contributed by atoms with E-state index in [-0.39, 0.29) is 18.4 Å². The van der Waals surface area contributed by atoms with Gasteiger partial charge in [0, 0.05) is 25.4 Å². The van der Waals surface area contributed by atoms with E-state index in [1.54, 1.807) is 10.6 Å². The molecule has 1 aromatic heterocycles. The van der Waals surface area contributed by atoms with Gasteiger partial charge in [0.2, 0.25) is 0 Å². The molecule has 0 saturated carbocycles. The fourth-order valence-corrected chi connectivity index (χ4v) is 1.46. The third-order valence-corrected chi connectivity index (χ3v) is 2.64. The Labute approximate surface area is 105 Å². The van der Waals surface area contributed by atoms with Gasteiger partial charge in [0.25, 0.3) is 5.56 Å². The average molecular weight is 238 g/mol. The normalized spacial score (nSPS) is 11.4. The maximum absolute atomic E-state index is 11.7. The summed E-state index contributed by atoms with van der Waals surface area (Å²) in [6, 6.07) is 3.59. The zero-order chi connectivity index (χ0) is 12.3. The van der Waals surface area contributed by atoms with Crippen molar-refractivity contribution in [2.45, 2.75) is 40.2 Å². The van der Waals surface area contributed by atoms with Crippen molar-refractivity contribution in [3.8, 4) is 0 Å². The Kier molecular flexibility index (Phi) is 5.62. The van der Waals surface area contributed by atoms with Gasteiger partial charge in [-0.1, -0.05) is 34.3 Å². The molecule has 0 fully saturated rings. The second-order valence-corrected chi connectivity index (χ2v) is 5.50. The van der Waals surface area contributed by atoms with Crippen molar-refractivity contribution in [3.05, 3.63) is 34.2 Å². The quantitative estimate of drug-likeness (QED) is 0.807. The van der Waals surface area contributed by atoms with Crippen LogP contribution in [-0.2, 0) is 12.0 Å². The molecule has 0 spiro atoms. The summed E-state index contributed by atoms with van der Waals surface area (Å²) in [5.41, 5.74) is 1.37. The van der Waals surface area contributed by atoms with Gasteiger partial charge in [0.1, 0.15) is 0 Å². The van der Waals surface area contributed by atoms with E-state index in [9.17, 15) is 4.79 Å². The summed E-state index contributed by atoms with van der Waals surface area (Å²) in [5, 5.41) is 0. The van der Waals surface area contributed by atoms with Gasteiger partial charge >= 0.3 is 0 Å². The number of hydrogen-bond acceptors (Lipinski definition) is 2. The van der Waals surface area contributed by atoms with E-state index in [0.717, 1.165) is 13.1 Å². The molecular weight excluding hydrogens is 212 g/mol. The molecule has 0 radical (unpaired) electrons. The summed E-state index contributed by atoms with van der Waals surface area (Å²) < 4.78 is 1.79. The lowest BCUT2D eigenvalue weighted by molar-refractivity contribution is 0.379. The molecule has 1 aromatic rings. The lowest BCUT2D eigenvalue weighted by Crippen LogP contribution is -2.27. The Hall–Kier alpha value is -1.09.